The van der Waals surface area contributed by atoms with Crippen LogP contribution < -0.4 is 15.0 Å². The smallest absolute Gasteiger partial charge is 0.246 e. The second-order valence-electron chi connectivity index (χ2n) is 10.2. The van der Waals surface area contributed by atoms with E-state index < -0.39 is 0 Å². The lowest BCUT2D eigenvalue weighted by Gasteiger charge is -2.43. The number of carbonyl (C=O) groups is 1. The normalized spacial score (nSPS) is 17.2. The number of amides is 1. The van der Waals surface area contributed by atoms with E-state index in [1.165, 1.54) is 12.4 Å². The number of anilines is 3. The number of ether oxygens (including phenoxy) is 1. The van der Waals surface area contributed by atoms with E-state index in [1.807, 2.05) is 62.2 Å². The molecule has 0 aliphatic carbocycles. The van der Waals surface area contributed by atoms with Crippen LogP contribution in [0.1, 0.15) is 19.4 Å². The van der Waals surface area contributed by atoms with Crippen molar-refractivity contribution in [2.75, 3.05) is 23.3 Å². The summed E-state index contributed by atoms with van der Waals surface area (Å²) in [5.41, 5.74) is 4.72. The van der Waals surface area contributed by atoms with Gasteiger partial charge in [-0.2, -0.15) is 0 Å². The van der Waals surface area contributed by atoms with Crippen LogP contribution in [0.15, 0.2) is 61.6 Å². The molecule has 1 aliphatic heterocycles. The van der Waals surface area contributed by atoms with E-state index in [2.05, 4.69) is 49.0 Å². The van der Waals surface area contributed by atoms with Crippen molar-refractivity contribution in [1.29, 1.82) is 0 Å². The number of carbonyl (C=O) groups excluding carboxylic acids is 1. The van der Waals surface area contributed by atoms with E-state index in [4.69, 9.17) is 9.72 Å². The van der Waals surface area contributed by atoms with Gasteiger partial charge in [-0.15, -0.1) is 5.10 Å². The van der Waals surface area contributed by atoms with Gasteiger partial charge in [0, 0.05) is 44.0 Å². The number of hydrogen-bond donors (Lipinski definition) is 1. The summed E-state index contributed by atoms with van der Waals surface area (Å²) in [6, 6.07) is 11.6. The number of nitrogens with one attached hydrogen (secondary N) is 1. The van der Waals surface area contributed by atoms with E-state index in [-0.39, 0.29) is 18.0 Å². The molecule has 5 aromatic rings. The van der Waals surface area contributed by atoms with Gasteiger partial charge < -0.3 is 19.9 Å². The molecule has 1 N–H and O–H groups in total. The van der Waals surface area contributed by atoms with Gasteiger partial charge in [0.25, 0.3) is 0 Å². The van der Waals surface area contributed by atoms with Crippen LogP contribution in [0.5, 0.6) is 11.5 Å². The van der Waals surface area contributed by atoms with Crippen molar-refractivity contribution >= 4 is 45.4 Å². The second-order valence-corrected chi connectivity index (χ2v) is 10.2. The molecule has 6 rings (SSSR count). The SMILES string of the molecule is C=CC(=O)N1C[C@@H](C)N(c2ncc3ncnc(Nc4ccc(Oc5ccc6c(c5)nnn6C)c(C)c4)c3n2)C[C@H]1C. The Labute approximate surface area is 236 Å². The summed E-state index contributed by atoms with van der Waals surface area (Å²) in [7, 11) is 1.86. The molecule has 2 aromatic carbocycles. The molecule has 1 saturated heterocycles. The van der Waals surface area contributed by atoms with Gasteiger partial charge in [-0.05, 0) is 62.7 Å². The van der Waals surface area contributed by atoms with E-state index in [0.717, 1.165) is 28.0 Å². The molecule has 12 nitrogen and oxygen atoms in total. The number of benzene rings is 2. The number of aromatic nitrogens is 7. The van der Waals surface area contributed by atoms with Gasteiger partial charge in [0.1, 0.15) is 34.4 Å². The van der Waals surface area contributed by atoms with Crippen LogP contribution in [0.4, 0.5) is 17.5 Å². The maximum absolute atomic E-state index is 12.3. The topological polar surface area (TPSA) is 127 Å². The zero-order valence-electron chi connectivity index (χ0n) is 23.3. The number of piperazine rings is 1. The molecular weight excluding hydrogens is 520 g/mol. The van der Waals surface area contributed by atoms with Gasteiger partial charge in [-0.25, -0.2) is 24.6 Å². The third-order valence-electron chi connectivity index (χ3n) is 7.31. The van der Waals surface area contributed by atoms with Crippen LogP contribution in [0, 0.1) is 6.92 Å². The van der Waals surface area contributed by atoms with Crippen molar-refractivity contribution in [1.82, 2.24) is 39.8 Å². The van der Waals surface area contributed by atoms with Crippen molar-refractivity contribution in [3.63, 3.8) is 0 Å². The molecule has 0 radical (unpaired) electrons. The van der Waals surface area contributed by atoms with Crippen molar-refractivity contribution in [2.45, 2.75) is 32.9 Å². The molecule has 0 saturated carbocycles. The highest BCUT2D eigenvalue weighted by Gasteiger charge is 2.32. The molecule has 0 spiro atoms. The average Bonchev–Trinajstić information content (AvgIpc) is 3.34. The van der Waals surface area contributed by atoms with Gasteiger partial charge in [0.15, 0.2) is 5.82 Å². The first-order valence-corrected chi connectivity index (χ1v) is 13.3. The first kappa shape index (κ1) is 26.1. The summed E-state index contributed by atoms with van der Waals surface area (Å²) in [4.78, 5) is 34.5. The Kier molecular flexibility index (Phi) is 6.66. The molecule has 0 unspecified atom stereocenters. The summed E-state index contributed by atoms with van der Waals surface area (Å²) in [6.45, 7) is 10.8. The van der Waals surface area contributed by atoms with Crippen LogP contribution in [0.25, 0.3) is 22.1 Å². The van der Waals surface area contributed by atoms with Gasteiger partial charge in [0.2, 0.25) is 11.9 Å². The Morgan fingerprint density at radius 1 is 1.07 bits per heavy atom. The lowest BCUT2D eigenvalue weighted by atomic mass is 10.1. The monoisotopic (exact) mass is 550 g/mol. The number of hydrogen-bond acceptors (Lipinski definition) is 10. The summed E-state index contributed by atoms with van der Waals surface area (Å²) >= 11 is 0. The minimum Gasteiger partial charge on any atom is -0.457 e. The molecule has 0 bridgehead atoms. The average molecular weight is 551 g/mol. The van der Waals surface area contributed by atoms with Gasteiger partial charge in [-0.3, -0.25) is 4.79 Å². The molecule has 41 heavy (non-hydrogen) atoms. The van der Waals surface area contributed by atoms with Crippen molar-refractivity contribution in [2.24, 2.45) is 7.05 Å². The van der Waals surface area contributed by atoms with Crippen LogP contribution in [0.2, 0.25) is 0 Å². The molecular formula is C29H30N10O2. The van der Waals surface area contributed by atoms with Crippen LogP contribution in [0.3, 0.4) is 0 Å². The molecule has 4 heterocycles. The van der Waals surface area contributed by atoms with Gasteiger partial charge in [-0.1, -0.05) is 11.8 Å². The summed E-state index contributed by atoms with van der Waals surface area (Å²) in [5.74, 6) is 2.49. The molecule has 208 valence electrons. The number of rotatable bonds is 6. The Hall–Kier alpha value is -5.13. The Balaban J connectivity index is 1.23. The minimum atomic E-state index is -0.0680. The second kappa shape index (κ2) is 10.5. The fourth-order valence-electron chi connectivity index (χ4n) is 5.09. The first-order chi connectivity index (χ1) is 19.8. The molecule has 1 fully saturated rings. The van der Waals surface area contributed by atoms with E-state index >= 15 is 0 Å². The Bertz CT molecular complexity index is 1780. The maximum Gasteiger partial charge on any atom is 0.246 e. The van der Waals surface area contributed by atoms with Crippen LogP contribution in [-0.2, 0) is 11.8 Å². The molecule has 3 aromatic heterocycles. The largest absolute Gasteiger partial charge is 0.457 e. The lowest BCUT2D eigenvalue weighted by Crippen LogP contribution is -2.58. The predicted molar refractivity (Wildman–Crippen MR) is 156 cm³/mol. The molecule has 12 heteroatoms. The summed E-state index contributed by atoms with van der Waals surface area (Å²) in [6.07, 6.45) is 4.56. The lowest BCUT2D eigenvalue weighted by molar-refractivity contribution is -0.128. The zero-order valence-corrected chi connectivity index (χ0v) is 23.3. The fourth-order valence-corrected chi connectivity index (χ4v) is 5.09. The van der Waals surface area contributed by atoms with Crippen LogP contribution in [-0.4, -0.2) is 70.9 Å². The first-order valence-electron chi connectivity index (χ1n) is 13.3. The van der Waals surface area contributed by atoms with Crippen molar-refractivity contribution in [3.8, 4) is 11.5 Å². The Morgan fingerprint density at radius 2 is 1.93 bits per heavy atom. The predicted octanol–water partition coefficient (Wildman–Crippen LogP) is 4.16. The number of nitrogens with zero attached hydrogens (tertiary/aromatic N) is 9. The quantitative estimate of drug-likeness (QED) is 0.308. The maximum atomic E-state index is 12.3. The zero-order chi connectivity index (χ0) is 28.7. The number of aryl methyl sites for hydroxylation is 2. The van der Waals surface area contributed by atoms with Crippen LogP contribution >= 0.6 is 0 Å². The highest BCUT2D eigenvalue weighted by molar-refractivity contribution is 5.88. The van der Waals surface area contributed by atoms with Gasteiger partial charge >= 0.3 is 0 Å². The van der Waals surface area contributed by atoms with E-state index in [9.17, 15) is 4.79 Å². The molecule has 1 aliphatic rings. The minimum absolute atomic E-state index is 0.00754. The third kappa shape index (κ3) is 4.99. The summed E-state index contributed by atoms with van der Waals surface area (Å²) < 4.78 is 7.87. The molecule has 2 atom stereocenters. The highest BCUT2D eigenvalue weighted by Crippen LogP contribution is 2.31. The summed E-state index contributed by atoms with van der Waals surface area (Å²) in [5, 5.41) is 11.6. The fraction of sp³-hybridized carbons (Fsp3) is 0.276. The van der Waals surface area contributed by atoms with Crippen molar-refractivity contribution in [3.05, 3.63) is 67.1 Å². The van der Waals surface area contributed by atoms with E-state index in [0.29, 0.717) is 41.6 Å². The Morgan fingerprint density at radius 3 is 2.73 bits per heavy atom. The standard InChI is InChI=1S/C29H30N10O2/c1-6-26(40)38-14-19(4)39(15-18(38)3)29-30-13-23-27(34-29)28(32-16-31-23)33-20-7-10-25(17(2)11-20)41-21-8-9-24-22(12-21)35-36-37(24)5/h6-13,16,18-19H,1,14-15H2,2-5H3,(H,31,32,33)/t18-,19-/m1/s1. The third-order valence-corrected chi connectivity index (χ3v) is 7.31. The van der Waals surface area contributed by atoms with Crippen molar-refractivity contribution < 1.29 is 9.53 Å². The van der Waals surface area contributed by atoms with E-state index in [1.54, 1.807) is 10.9 Å². The number of fused-ring (bicyclic) bond motifs is 2. The molecule has 1 amide bonds. The van der Waals surface area contributed by atoms with Gasteiger partial charge in [0.05, 0.1) is 11.7 Å². The highest BCUT2D eigenvalue weighted by atomic mass is 16.5.